The molecule has 0 aliphatic carbocycles. The zero-order valence-electron chi connectivity index (χ0n) is 13.1. The van der Waals surface area contributed by atoms with Gasteiger partial charge in [-0.1, -0.05) is 6.92 Å². The second kappa shape index (κ2) is 8.52. The summed E-state index contributed by atoms with van der Waals surface area (Å²) in [5, 5.41) is 5.22. The van der Waals surface area contributed by atoms with Crippen LogP contribution in [0.15, 0.2) is 24.3 Å². The van der Waals surface area contributed by atoms with Gasteiger partial charge in [0.15, 0.2) is 13.1 Å². The average molecular weight is 332 g/mol. The minimum absolute atomic E-state index is 0.0422. The van der Waals surface area contributed by atoms with Crippen LogP contribution in [-0.2, 0) is 15.8 Å². The molecule has 1 rings (SSSR count). The fraction of sp³-hybridized carbons (Fsp3) is 0.467. The highest BCUT2D eigenvalue weighted by atomic mass is 19.4. The molecule has 0 saturated heterocycles. The van der Waals surface area contributed by atoms with Gasteiger partial charge < -0.3 is 15.5 Å². The van der Waals surface area contributed by atoms with Crippen molar-refractivity contribution in [3.63, 3.8) is 0 Å². The molecule has 0 bridgehead atoms. The maximum Gasteiger partial charge on any atom is 0.416 e. The van der Waals surface area contributed by atoms with Crippen molar-refractivity contribution in [2.75, 3.05) is 32.0 Å². The van der Waals surface area contributed by atoms with Crippen molar-refractivity contribution in [2.45, 2.75) is 19.5 Å². The van der Waals surface area contributed by atoms with Crippen LogP contribution in [0.3, 0.4) is 0 Å². The van der Waals surface area contributed by atoms with Gasteiger partial charge in [0, 0.05) is 12.2 Å². The molecule has 0 saturated carbocycles. The molecule has 1 aromatic carbocycles. The van der Waals surface area contributed by atoms with E-state index in [1.54, 1.807) is 7.05 Å². The summed E-state index contributed by atoms with van der Waals surface area (Å²) in [5.74, 6) is -0.516. The summed E-state index contributed by atoms with van der Waals surface area (Å²) in [5.41, 5.74) is -0.489. The number of nitrogens with one attached hydrogen (secondary N) is 3. The number of hydrogen-bond acceptors (Lipinski definition) is 2. The van der Waals surface area contributed by atoms with Crippen molar-refractivity contribution in [2.24, 2.45) is 0 Å². The number of likely N-dealkylation sites (N-methyl/N-ethyl adjacent to an activating group) is 1. The number of amides is 2. The van der Waals surface area contributed by atoms with Crippen LogP contribution in [0.5, 0.6) is 0 Å². The zero-order chi connectivity index (χ0) is 17.5. The van der Waals surface area contributed by atoms with Gasteiger partial charge in [-0.15, -0.1) is 0 Å². The van der Waals surface area contributed by atoms with Crippen LogP contribution in [0.25, 0.3) is 0 Å². The number of halogens is 3. The van der Waals surface area contributed by atoms with Crippen LogP contribution in [-0.4, -0.2) is 38.5 Å². The number of carbonyl (C=O) groups excluding carboxylic acids is 2. The molecule has 0 fully saturated rings. The lowest BCUT2D eigenvalue weighted by Crippen LogP contribution is -3.11. The largest absolute Gasteiger partial charge is 0.416 e. The summed E-state index contributed by atoms with van der Waals surface area (Å²) in [6, 6.07) is 4.21. The molecule has 1 aromatic rings. The van der Waals surface area contributed by atoms with Crippen LogP contribution in [0.1, 0.15) is 18.9 Å². The number of carbonyl (C=O) groups is 2. The molecule has 0 spiro atoms. The molecule has 0 aromatic heterocycles. The van der Waals surface area contributed by atoms with Gasteiger partial charge in [0.1, 0.15) is 0 Å². The van der Waals surface area contributed by atoms with Gasteiger partial charge in [-0.3, -0.25) is 9.59 Å². The highest BCUT2D eigenvalue weighted by molar-refractivity contribution is 5.91. The first-order chi connectivity index (χ1) is 10.7. The van der Waals surface area contributed by atoms with E-state index in [1.807, 2.05) is 6.92 Å². The van der Waals surface area contributed by atoms with Crippen molar-refractivity contribution >= 4 is 17.5 Å². The minimum Gasteiger partial charge on any atom is -0.351 e. The predicted molar refractivity (Wildman–Crippen MR) is 80.0 cm³/mol. The van der Waals surface area contributed by atoms with E-state index in [0.29, 0.717) is 11.4 Å². The van der Waals surface area contributed by atoms with Gasteiger partial charge in [-0.05, 0) is 30.7 Å². The molecular weight excluding hydrogens is 311 g/mol. The smallest absolute Gasteiger partial charge is 0.351 e. The topological polar surface area (TPSA) is 62.6 Å². The molecule has 5 nitrogen and oxygen atoms in total. The van der Waals surface area contributed by atoms with Gasteiger partial charge in [-0.25, -0.2) is 0 Å². The minimum atomic E-state index is -4.40. The van der Waals surface area contributed by atoms with Gasteiger partial charge >= 0.3 is 6.18 Å². The van der Waals surface area contributed by atoms with Gasteiger partial charge in [0.2, 0.25) is 0 Å². The molecular formula is C15H21F3N3O2+. The maximum absolute atomic E-state index is 12.4. The summed E-state index contributed by atoms with van der Waals surface area (Å²) in [7, 11) is 1.69. The molecule has 0 radical (unpaired) electrons. The Bertz CT molecular complexity index is 530. The number of anilines is 1. The molecule has 1 unspecified atom stereocenters. The first kappa shape index (κ1) is 19.0. The van der Waals surface area contributed by atoms with Crippen LogP contribution in [0.4, 0.5) is 18.9 Å². The van der Waals surface area contributed by atoms with Crippen molar-refractivity contribution in [1.29, 1.82) is 0 Å². The Balaban J connectivity index is 2.45. The fourth-order valence-corrected chi connectivity index (χ4v) is 1.89. The summed E-state index contributed by atoms with van der Waals surface area (Å²) in [6.07, 6.45) is -3.57. The number of rotatable bonds is 7. The SMILES string of the molecule is CCCNC(=O)C[NH+](C)CC(=O)Nc1ccc(C(F)(F)F)cc1. The summed E-state index contributed by atoms with van der Waals surface area (Å²) < 4.78 is 37.3. The fourth-order valence-electron chi connectivity index (χ4n) is 1.89. The molecule has 0 aliphatic rings. The lowest BCUT2D eigenvalue weighted by atomic mass is 10.2. The predicted octanol–water partition coefficient (Wildman–Crippen LogP) is 0.685. The highest BCUT2D eigenvalue weighted by Crippen LogP contribution is 2.29. The zero-order valence-corrected chi connectivity index (χ0v) is 13.1. The molecule has 3 N–H and O–H groups in total. The van der Waals surface area contributed by atoms with Crippen LogP contribution >= 0.6 is 0 Å². The van der Waals surface area contributed by atoms with E-state index in [1.165, 1.54) is 12.1 Å². The number of alkyl halides is 3. The number of hydrogen-bond donors (Lipinski definition) is 3. The standard InChI is InChI=1S/C15H20F3N3O2/c1-3-8-19-13(22)9-21(2)10-14(23)20-12-6-4-11(5-7-12)15(16,17)18/h4-7H,3,8-10H2,1-2H3,(H,19,22)(H,20,23)/p+1. The summed E-state index contributed by atoms with van der Waals surface area (Å²) in [4.78, 5) is 24.0. The third-order valence-corrected chi connectivity index (χ3v) is 2.99. The molecule has 0 aliphatic heterocycles. The first-order valence-electron chi connectivity index (χ1n) is 7.27. The monoisotopic (exact) mass is 332 g/mol. The van der Waals surface area contributed by atoms with E-state index in [-0.39, 0.29) is 30.6 Å². The van der Waals surface area contributed by atoms with E-state index in [2.05, 4.69) is 10.6 Å². The summed E-state index contributed by atoms with van der Waals surface area (Å²) in [6.45, 7) is 2.72. The van der Waals surface area contributed by atoms with E-state index >= 15 is 0 Å². The Labute approximate surface area is 132 Å². The van der Waals surface area contributed by atoms with Crippen LogP contribution in [0.2, 0.25) is 0 Å². The summed E-state index contributed by atoms with van der Waals surface area (Å²) >= 11 is 0. The van der Waals surface area contributed by atoms with Gasteiger partial charge in [0.25, 0.3) is 11.8 Å². The van der Waals surface area contributed by atoms with Crippen molar-refractivity contribution in [3.05, 3.63) is 29.8 Å². The second-order valence-electron chi connectivity index (χ2n) is 5.28. The highest BCUT2D eigenvalue weighted by Gasteiger charge is 2.30. The molecule has 23 heavy (non-hydrogen) atoms. The third kappa shape index (κ3) is 7.14. The van der Waals surface area contributed by atoms with Crippen molar-refractivity contribution in [3.8, 4) is 0 Å². The first-order valence-corrected chi connectivity index (χ1v) is 7.27. The average Bonchev–Trinajstić information content (AvgIpc) is 2.44. The Morgan fingerprint density at radius 2 is 1.65 bits per heavy atom. The maximum atomic E-state index is 12.4. The number of benzene rings is 1. The lowest BCUT2D eigenvalue weighted by Gasteiger charge is -2.14. The Hall–Kier alpha value is -2.09. The molecule has 128 valence electrons. The Kier molecular flexibility index (Phi) is 7.02. The Morgan fingerprint density at radius 1 is 1.09 bits per heavy atom. The third-order valence-electron chi connectivity index (χ3n) is 2.99. The lowest BCUT2D eigenvalue weighted by molar-refractivity contribution is -0.862. The van der Waals surface area contributed by atoms with Crippen molar-refractivity contribution < 1.29 is 27.7 Å². The van der Waals surface area contributed by atoms with E-state index in [9.17, 15) is 22.8 Å². The van der Waals surface area contributed by atoms with E-state index < -0.39 is 11.7 Å². The normalized spacial score (nSPS) is 12.6. The molecule has 0 heterocycles. The second-order valence-corrected chi connectivity index (χ2v) is 5.28. The van der Waals surface area contributed by atoms with Gasteiger partial charge in [-0.2, -0.15) is 13.2 Å². The Morgan fingerprint density at radius 3 is 2.17 bits per heavy atom. The van der Waals surface area contributed by atoms with Crippen LogP contribution in [0, 0.1) is 0 Å². The molecule has 1 atom stereocenters. The van der Waals surface area contributed by atoms with Gasteiger partial charge in [0.05, 0.1) is 12.6 Å². The molecule has 2 amide bonds. The van der Waals surface area contributed by atoms with Crippen LogP contribution < -0.4 is 15.5 Å². The number of quaternary nitrogens is 1. The quantitative estimate of drug-likeness (QED) is 0.688. The van der Waals surface area contributed by atoms with Crippen molar-refractivity contribution in [1.82, 2.24) is 5.32 Å². The van der Waals surface area contributed by atoms with E-state index in [0.717, 1.165) is 18.6 Å². The van der Waals surface area contributed by atoms with E-state index in [4.69, 9.17) is 0 Å². The molecule has 8 heteroatoms.